The average Bonchev–Trinajstić information content (AvgIpc) is 2.58. The summed E-state index contributed by atoms with van der Waals surface area (Å²) in [6.45, 7) is 9.86. The van der Waals surface area contributed by atoms with Gasteiger partial charge in [-0.15, -0.1) is 0 Å². The van der Waals surface area contributed by atoms with Gasteiger partial charge in [0, 0.05) is 0 Å². The maximum Gasteiger partial charge on any atom is 0.338 e. The zero-order valence-corrected chi connectivity index (χ0v) is 14.8. The molecule has 1 aromatic carbocycles. The summed E-state index contributed by atoms with van der Waals surface area (Å²) in [6.07, 6.45) is 7.79. The monoisotopic (exact) mass is 338 g/mol. The number of benzene rings is 1. The molecule has 1 N–H and O–H groups in total. The van der Waals surface area contributed by atoms with Crippen LogP contribution in [0.15, 0.2) is 31.4 Å². The van der Waals surface area contributed by atoms with E-state index in [0.29, 0.717) is 23.0 Å². The Balaban J connectivity index is 1.57. The van der Waals surface area contributed by atoms with Crippen LogP contribution in [0.4, 0.5) is 0 Å². The predicted octanol–water partition coefficient (Wildman–Crippen LogP) is 4.81. The molecule has 4 saturated carbocycles. The maximum atomic E-state index is 12.9. The quantitative estimate of drug-likeness (QED) is 0.633. The highest BCUT2D eigenvalue weighted by molar-refractivity contribution is 6.16. The number of phenolic OH excluding ortho intramolecular Hbond substituents is 1. The Morgan fingerprint density at radius 1 is 1.20 bits per heavy atom. The molecule has 0 radical (unpaired) electrons. The topological polar surface area (TPSA) is 46.5 Å². The van der Waals surface area contributed by atoms with Crippen molar-refractivity contribution in [2.24, 2.45) is 23.7 Å². The van der Waals surface area contributed by atoms with Gasteiger partial charge >= 0.3 is 5.97 Å². The van der Waals surface area contributed by atoms with Crippen molar-refractivity contribution >= 4 is 17.6 Å². The van der Waals surface area contributed by atoms with Gasteiger partial charge < -0.3 is 9.84 Å². The van der Waals surface area contributed by atoms with Gasteiger partial charge in [0.15, 0.2) is 0 Å². The summed E-state index contributed by atoms with van der Waals surface area (Å²) in [5.41, 5.74) is 1.28. The third kappa shape index (κ3) is 2.61. The standard InChI is InChI=1S/C22H26O3/c1-4-16-5-6-19(23)12-20(16)13(2)21(24)25-22(3)17-8-14-7-15(10-17)11-18(22)9-14/h4-6,12,14-15,17-18,23H,1-2,7-11H2,3H3. The van der Waals surface area contributed by atoms with Crippen LogP contribution in [0.1, 0.15) is 50.2 Å². The summed E-state index contributed by atoms with van der Waals surface area (Å²) in [4.78, 5) is 12.9. The normalized spacial score (nSPS) is 35.4. The van der Waals surface area contributed by atoms with Crippen LogP contribution in [0.25, 0.3) is 11.6 Å². The second kappa shape index (κ2) is 5.76. The molecule has 0 amide bonds. The summed E-state index contributed by atoms with van der Waals surface area (Å²) >= 11 is 0. The molecule has 132 valence electrons. The first-order valence-corrected chi connectivity index (χ1v) is 9.28. The fraction of sp³-hybridized carbons (Fsp3) is 0.500. The Hall–Kier alpha value is -2.03. The molecule has 4 bridgehead atoms. The lowest BCUT2D eigenvalue weighted by atomic mass is 9.50. The molecule has 0 atom stereocenters. The van der Waals surface area contributed by atoms with E-state index in [1.807, 2.05) is 0 Å². The van der Waals surface area contributed by atoms with E-state index in [4.69, 9.17) is 4.74 Å². The van der Waals surface area contributed by atoms with Crippen LogP contribution in [0.2, 0.25) is 0 Å². The van der Waals surface area contributed by atoms with Crippen molar-refractivity contribution in [3.8, 4) is 5.75 Å². The number of esters is 1. The van der Waals surface area contributed by atoms with Crippen molar-refractivity contribution in [3.05, 3.63) is 42.5 Å². The van der Waals surface area contributed by atoms with Gasteiger partial charge in [0.2, 0.25) is 0 Å². The second-order valence-electron chi connectivity index (χ2n) is 8.33. The van der Waals surface area contributed by atoms with Gasteiger partial charge in [-0.1, -0.05) is 25.3 Å². The minimum atomic E-state index is -0.376. The van der Waals surface area contributed by atoms with Crippen LogP contribution >= 0.6 is 0 Å². The van der Waals surface area contributed by atoms with Crippen molar-refractivity contribution < 1.29 is 14.6 Å². The highest BCUT2D eigenvalue weighted by Gasteiger charge is 2.57. The lowest BCUT2D eigenvalue weighted by Gasteiger charge is -2.59. The van der Waals surface area contributed by atoms with E-state index in [1.54, 1.807) is 24.3 Å². The highest BCUT2D eigenvalue weighted by atomic mass is 16.6. The third-order valence-corrected chi connectivity index (χ3v) is 6.90. The lowest BCUT2D eigenvalue weighted by molar-refractivity contribution is -0.197. The first-order chi connectivity index (χ1) is 11.9. The fourth-order valence-corrected chi connectivity index (χ4v) is 5.64. The number of hydrogen-bond donors (Lipinski definition) is 1. The summed E-state index contributed by atoms with van der Waals surface area (Å²) in [7, 11) is 0. The van der Waals surface area contributed by atoms with Crippen molar-refractivity contribution in [3.63, 3.8) is 0 Å². The second-order valence-corrected chi connectivity index (χ2v) is 8.33. The van der Waals surface area contributed by atoms with Gasteiger partial charge in [-0.25, -0.2) is 4.79 Å². The summed E-state index contributed by atoms with van der Waals surface area (Å²) in [5.74, 6) is 2.35. The average molecular weight is 338 g/mol. The van der Waals surface area contributed by atoms with Crippen LogP contribution < -0.4 is 0 Å². The van der Waals surface area contributed by atoms with Crippen molar-refractivity contribution in [2.75, 3.05) is 0 Å². The van der Waals surface area contributed by atoms with Crippen LogP contribution in [-0.2, 0) is 9.53 Å². The molecule has 25 heavy (non-hydrogen) atoms. The lowest BCUT2D eigenvalue weighted by Crippen LogP contribution is -2.58. The summed E-state index contributed by atoms with van der Waals surface area (Å²) in [6, 6.07) is 4.87. The van der Waals surface area contributed by atoms with Gasteiger partial charge in [0.25, 0.3) is 0 Å². The van der Waals surface area contributed by atoms with Gasteiger partial charge in [0.1, 0.15) is 11.4 Å². The van der Waals surface area contributed by atoms with Gasteiger partial charge in [-0.3, -0.25) is 0 Å². The van der Waals surface area contributed by atoms with Crippen molar-refractivity contribution in [2.45, 2.75) is 44.6 Å². The van der Waals surface area contributed by atoms with E-state index in [0.717, 1.165) is 17.4 Å². The molecule has 4 aliphatic carbocycles. The number of rotatable bonds is 4. The maximum absolute atomic E-state index is 12.9. The van der Waals surface area contributed by atoms with Crippen molar-refractivity contribution in [1.29, 1.82) is 0 Å². The number of phenols is 1. The SMILES string of the molecule is C=Cc1ccc(O)cc1C(=C)C(=O)OC1(C)C2CC3CC(C2)CC1C3. The molecular weight excluding hydrogens is 312 g/mol. The van der Waals surface area contributed by atoms with E-state index in [9.17, 15) is 9.90 Å². The molecule has 3 nitrogen and oxygen atoms in total. The van der Waals surface area contributed by atoms with Crippen LogP contribution in [0.3, 0.4) is 0 Å². The third-order valence-electron chi connectivity index (χ3n) is 6.90. The molecule has 4 aliphatic rings. The van der Waals surface area contributed by atoms with Crippen LogP contribution in [-0.4, -0.2) is 16.7 Å². The number of carbonyl (C=O) groups excluding carboxylic acids is 1. The smallest absolute Gasteiger partial charge is 0.338 e. The van der Waals surface area contributed by atoms with Crippen molar-refractivity contribution in [1.82, 2.24) is 0 Å². The Bertz CT molecular complexity index is 718. The van der Waals surface area contributed by atoms with Gasteiger partial charge in [0.05, 0.1) is 5.57 Å². The Morgan fingerprint density at radius 3 is 2.36 bits per heavy atom. The predicted molar refractivity (Wildman–Crippen MR) is 98.8 cm³/mol. The van der Waals surface area contributed by atoms with Gasteiger partial charge in [-0.2, -0.15) is 0 Å². The van der Waals surface area contributed by atoms with E-state index in [2.05, 4.69) is 20.1 Å². The Kier molecular flexibility index (Phi) is 3.78. The molecular formula is C22H26O3. The largest absolute Gasteiger partial charge is 0.508 e. The molecule has 0 heterocycles. The Labute approximate surface area is 149 Å². The molecule has 1 aromatic rings. The van der Waals surface area contributed by atoms with Gasteiger partial charge in [-0.05, 0) is 86.0 Å². The number of ether oxygens (including phenoxy) is 1. The minimum absolute atomic E-state index is 0.107. The van der Waals surface area contributed by atoms with E-state index in [1.165, 1.54) is 32.1 Å². The fourth-order valence-electron chi connectivity index (χ4n) is 5.64. The molecule has 4 fully saturated rings. The van der Waals surface area contributed by atoms with E-state index in [-0.39, 0.29) is 17.3 Å². The van der Waals surface area contributed by atoms with Crippen LogP contribution in [0.5, 0.6) is 5.75 Å². The number of hydrogen-bond acceptors (Lipinski definition) is 3. The van der Waals surface area contributed by atoms with Crippen LogP contribution in [0, 0.1) is 23.7 Å². The molecule has 0 saturated heterocycles. The zero-order chi connectivity index (χ0) is 17.8. The zero-order valence-electron chi connectivity index (χ0n) is 14.8. The molecule has 0 unspecified atom stereocenters. The molecule has 0 aliphatic heterocycles. The first-order valence-electron chi connectivity index (χ1n) is 9.28. The molecule has 0 spiro atoms. The molecule has 0 aromatic heterocycles. The minimum Gasteiger partial charge on any atom is -0.508 e. The number of aromatic hydroxyl groups is 1. The Morgan fingerprint density at radius 2 is 1.80 bits per heavy atom. The highest BCUT2D eigenvalue weighted by Crippen LogP contribution is 2.59. The van der Waals surface area contributed by atoms with E-state index >= 15 is 0 Å². The number of carbonyl (C=O) groups is 1. The first kappa shape index (κ1) is 16.4. The summed E-state index contributed by atoms with van der Waals surface area (Å²) in [5, 5.41) is 9.77. The summed E-state index contributed by atoms with van der Waals surface area (Å²) < 4.78 is 6.12. The molecule has 5 rings (SSSR count). The van der Waals surface area contributed by atoms with E-state index < -0.39 is 0 Å². The molecule has 3 heteroatoms.